The van der Waals surface area contributed by atoms with Crippen molar-refractivity contribution in [2.24, 2.45) is 0 Å². The summed E-state index contributed by atoms with van der Waals surface area (Å²) >= 11 is 0. The Kier molecular flexibility index (Phi) is 6.10. The van der Waals surface area contributed by atoms with Gasteiger partial charge in [-0.1, -0.05) is 36.4 Å². The Morgan fingerprint density at radius 3 is 2.44 bits per heavy atom. The zero-order valence-electron chi connectivity index (χ0n) is 19.3. The predicted molar refractivity (Wildman–Crippen MR) is 137 cm³/mol. The van der Waals surface area contributed by atoms with E-state index < -0.39 is 11.8 Å². The number of aromatic nitrogens is 3. The van der Waals surface area contributed by atoms with Crippen molar-refractivity contribution in [1.82, 2.24) is 20.1 Å². The highest BCUT2D eigenvalue weighted by atomic mass is 16.5. The summed E-state index contributed by atoms with van der Waals surface area (Å²) in [5.74, 6) is -0.383. The molecular formula is C27H21N5O4. The van der Waals surface area contributed by atoms with E-state index in [4.69, 9.17) is 4.74 Å². The minimum atomic E-state index is -0.583. The first-order chi connectivity index (χ1) is 17.5. The molecule has 0 saturated carbocycles. The van der Waals surface area contributed by atoms with Gasteiger partial charge in [0.15, 0.2) is 5.69 Å². The van der Waals surface area contributed by atoms with Crippen LogP contribution in [-0.4, -0.2) is 40.2 Å². The molecule has 2 amide bonds. The van der Waals surface area contributed by atoms with E-state index in [0.717, 1.165) is 15.6 Å². The Labute approximate surface area is 205 Å². The van der Waals surface area contributed by atoms with Crippen LogP contribution in [-0.2, 0) is 4.79 Å². The van der Waals surface area contributed by atoms with Gasteiger partial charge >= 0.3 is 0 Å². The van der Waals surface area contributed by atoms with E-state index in [2.05, 4.69) is 20.7 Å². The van der Waals surface area contributed by atoms with Crippen molar-refractivity contribution in [3.05, 3.63) is 101 Å². The molecule has 0 atom stereocenters. The van der Waals surface area contributed by atoms with Crippen LogP contribution in [0.3, 0.4) is 0 Å². The van der Waals surface area contributed by atoms with Crippen molar-refractivity contribution in [2.45, 2.75) is 0 Å². The monoisotopic (exact) mass is 479 g/mol. The molecule has 3 aromatic carbocycles. The summed E-state index contributed by atoms with van der Waals surface area (Å²) in [7, 11) is 1.55. The third-order valence-corrected chi connectivity index (χ3v) is 5.62. The second kappa shape index (κ2) is 9.67. The van der Waals surface area contributed by atoms with Gasteiger partial charge in [0.2, 0.25) is 5.91 Å². The number of nitrogens with zero attached hydrogens (tertiary/aromatic N) is 3. The van der Waals surface area contributed by atoms with Crippen LogP contribution in [0.5, 0.6) is 5.75 Å². The molecule has 0 aliphatic carbocycles. The Morgan fingerprint density at radius 1 is 0.944 bits per heavy atom. The number of methoxy groups -OCH3 is 1. The van der Waals surface area contributed by atoms with E-state index in [1.54, 1.807) is 61.8 Å². The minimum Gasteiger partial charge on any atom is -0.497 e. The van der Waals surface area contributed by atoms with Crippen LogP contribution in [0.1, 0.15) is 10.5 Å². The fourth-order valence-electron chi connectivity index (χ4n) is 3.84. The Balaban J connectivity index is 1.38. The maximum absolute atomic E-state index is 13.1. The molecule has 5 rings (SSSR count). The third-order valence-electron chi connectivity index (χ3n) is 5.62. The van der Waals surface area contributed by atoms with E-state index in [1.807, 2.05) is 30.3 Å². The fraction of sp³-hybridized carbons (Fsp3) is 0.0741. The zero-order valence-corrected chi connectivity index (χ0v) is 19.3. The van der Waals surface area contributed by atoms with Crippen molar-refractivity contribution in [3.8, 4) is 11.4 Å². The molecule has 0 bridgehead atoms. The summed E-state index contributed by atoms with van der Waals surface area (Å²) < 4.78 is 6.34. The molecule has 178 valence electrons. The van der Waals surface area contributed by atoms with Crippen LogP contribution in [0.2, 0.25) is 0 Å². The van der Waals surface area contributed by atoms with Gasteiger partial charge in [-0.15, -0.1) is 0 Å². The number of hydrogen-bond acceptors (Lipinski definition) is 6. The van der Waals surface area contributed by atoms with Gasteiger partial charge in [0.25, 0.3) is 11.5 Å². The Morgan fingerprint density at radius 2 is 1.67 bits per heavy atom. The summed E-state index contributed by atoms with van der Waals surface area (Å²) in [5.41, 5.74) is 1.47. The molecule has 2 N–H and O–H groups in total. The molecular weight excluding hydrogens is 458 g/mol. The highest BCUT2D eigenvalue weighted by Gasteiger charge is 2.18. The molecule has 36 heavy (non-hydrogen) atoms. The van der Waals surface area contributed by atoms with Crippen LogP contribution in [0.15, 0.2) is 89.9 Å². The summed E-state index contributed by atoms with van der Waals surface area (Å²) in [6.45, 7) is -0.288. The third kappa shape index (κ3) is 4.49. The SMILES string of the molecule is COc1ccc(-n2nc(C(=O)NCC(=O)Nc3cnc4ccccc4c3)c3ccccc3c2=O)cc1. The van der Waals surface area contributed by atoms with E-state index in [9.17, 15) is 14.4 Å². The maximum atomic E-state index is 13.1. The van der Waals surface area contributed by atoms with Gasteiger partial charge in [-0.05, 0) is 42.5 Å². The minimum absolute atomic E-state index is 0.0289. The van der Waals surface area contributed by atoms with E-state index in [0.29, 0.717) is 27.9 Å². The van der Waals surface area contributed by atoms with Crippen LogP contribution in [0.4, 0.5) is 5.69 Å². The topological polar surface area (TPSA) is 115 Å². The lowest BCUT2D eigenvalue weighted by Crippen LogP contribution is -2.35. The number of ether oxygens (including phenoxy) is 1. The van der Waals surface area contributed by atoms with Crippen molar-refractivity contribution >= 4 is 39.2 Å². The van der Waals surface area contributed by atoms with Gasteiger partial charge in [-0.2, -0.15) is 9.78 Å². The molecule has 0 unspecified atom stereocenters. The summed E-state index contributed by atoms with van der Waals surface area (Å²) in [6.07, 6.45) is 1.56. The lowest BCUT2D eigenvalue weighted by atomic mass is 10.1. The Bertz CT molecular complexity index is 1660. The van der Waals surface area contributed by atoms with E-state index >= 15 is 0 Å². The van der Waals surface area contributed by atoms with Crippen molar-refractivity contribution in [1.29, 1.82) is 0 Å². The molecule has 5 aromatic rings. The molecule has 2 heterocycles. The second-order valence-corrected chi connectivity index (χ2v) is 7.96. The lowest BCUT2D eigenvalue weighted by Gasteiger charge is -2.12. The van der Waals surface area contributed by atoms with Crippen LogP contribution >= 0.6 is 0 Å². The molecule has 2 aromatic heterocycles. The van der Waals surface area contributed by atoms with Crippen LogP contribution < -0.4 is 20.9 Å². The number of benzene rings is 3. The first-order valence-corrected chi connectivity index (χ1v) is 11.1. The van der Waals surface area contributed by atoms with Gasteiger partial charge in [0.1, 0.15) is 5.75 Å². The second-order valence-electron chi connectivity index (χ2n) is 7.96. The molecule has 0 radical (unpaired) electrons. The number of amides is 2. The molecule has 0 fully saturated rings. The predicted octanol–water partition coefficient (Wildman–Crippen LogP) is 3.31. The van der Waals surface area contributed by atoms with Crippen molar-refractivity contribution < 1.29 is 14.3 Å². The summed E-state index contributed by atoms with van der Waals surface area (Å²) in [6, 6.07) is 22.8. The zero-order chi connectivity index (χ0) is 25.1. The number of pyridine rings is 1. The number of carbonyl (C=O) groups is 2. The van der Waals surface area contributed by atoms with Crippen molar-refractivity contribution in [3.63, 3.8) is 0 Å². The van der Waals surface area contributed by atoms with Gasteiger partial charge in [0.05, 0.1) is 42.1 Å². The number of carbonyl (C=O) groups excluding carboxylic acids is 2. The average Bonchev–Trinajstić information content (AvgIpc) is 2.92. The molecule has 9 heteroatoms. The maximum Gasteiger partial charge on any atom is 0.279 e. The van der Waals surface area contributed by atoms with Gasteiger partial charge in [-0.3, -0.25) is 19.4 Å². The average molecular weight is 479 g/mol. The molecule has 0 saturated heterocycles. The van der Waals surface area contributed by atoms with Crippen LogP contribution in [0, 0.1) is 0 Å². The molecule has 9 nitrogen and oxygen atoms in total. The standard InChI is InChI=1S/C27H21N5O4/c1-36-20-12-10-19(11-13-20)32-27(35)22-8-4-3-7-21(22)25(31-32)26(34)29-16-24(33)30-18-14-17-6-2-5-9-23(17)28-15-18/h2-15H,16H2,1H3,(H,29,34)(H,30,33). The highest BCUT2D eigenvalue weighted by Crippen LogP contribution is 2.18. The van der Waals surface area contributed by atoms with Crippen molar-refractivity contribution in [2.75, 3.05) is 19.0 Å². The number of para-hydroxylation sites is 1. The fourth-order valence-corrected chi connectivity index (χ4v) is 3.84. The van der Waals surface area contributed by atoms with Gasteiger partial charge in [-0.25, -0.2) is 0 Å². The largest absolute Gasteiger partial charge is 0.497 e. The number of fused-ring (bicyclic) bond motifs is 2. The summed E-state index contributed by atoms with van der Waals surface area (Å²) in [4.78, 5) is 43.0. The number of hydrogen-bond donors (Lipinski definition) is 2. The first kappa shape index (κ1) is 22.7. The van der Waals surface area contributed by atoms with Gasteiger partial charge in [0, 0.05) is 10.8 Å². The quantitative estimate of drug-likeness (QED) is 0.386. The Hall–Kier alpha value is -5.05. The smallest absolute Gasteiger partial charge is 0.279 e. The number of anilines is 1. The van der Waals surface area contributed by atoms with Crippen LogP contribution in [0.25, 0.3) is 27.4 Å². The summed E-state index contributed by atoms with van der Waals surface area (Å²) in [5, 5.41) is 11.3. The highest BCUT2D eigenvalue weighted by molar-refractivity contribution is 6.06. The van der Waals surface area contributed by atoms with E-state index in [-0.39, 0.29) is 17.8 Å². The van der Waals surface area contributed by atoms with Gasteiger partial charge < -0.3 is 15.4 Å². The normalized spacial score (nSPS) is 10.8. The lowest BCUT2D eigenvalue weighted by molar-refractivity contribution is -0.115. The number of rotatable bonds is 6. The first-order valence-electron chi connectivity index (χ1n) is 11.1. The van der Waals surface area contributed by atoms with E-state index in [1.165, 1.54) is 0 Å². The molecule has 0 aliphatic rings. The molecule has 0 spiro atoms. The number of nitrogens with one attached hydrogen (secondary N) is 2. The molecule has 0 aliphatic heterocycles.